The molecule has 6 heteroatoms. The van der Waals surface area contributed by atoms with Crippen LogP contribution in [0.25, 0.3) is 6.08 Å². The van der Waals surface area contributed by atoms with Crippen LogP contribution in [0.1, 0.15) is 5.56 Å². The summed E-state index contributed by atoms with van der Waals surface area (Å²) < 4.78 is 4.68. The Morgan fingerprint density at radius 3 is 3.00 bits per heavy atom. The van der Waals surface area contributed by atoms with Gasteiger partial charge < -0.3 is 4.74 Å². The third-order valence-electron chi connectivity index (χ3n) is 2.66. The van der Waals surface area contributed by atoms with E-state index in [1.807, 2.05) is 36.4 Å². The number of benzene rings is 1. The first-order valence-corrected chi connectivity index (χ1v) is 5.38. The predicted octanol–water partition coefficient (Wildman–Crippen LogP) is 2.73. The van der Waals surface area contributed by atoms with Crippen molar-refractivity contribution in [1.29, 1.82) is 0 Å². The zero-order valence-electron chi connectivity index (χ0n) is 9.65. The second-order valence-electron chi connectivity index (χ2n) is 3.70. The highest BCUT2D eigenvalue weighted by atomic mass is 16.6. The summed E-state index contributed by atoms with van der Waals surface area (Å²) in [5, 5.41) is 10.5. The lowest BCUT2D eigenvalue weighted by Crippen LogP contribution is -2.38. The fourth-order valence-corrected chi connectivity index (χ4v) is 1.86. The number of hydrogen-bond donors (Lipinski definition) is 0. The molecule has 0 unspecified atom stereocenters. The van der Waals surface area contributed by atoms with Crippen molar-refractivity contribution in [3.63, 3.8) is 0 Å². The van der Waals surface area contributed by atoms with Crippen LogP contribution >= 0.6 is 0 Å². The summed E-state index contributed by atoms with van der Waals surface area (Å²) in [6, 6.07) is 7.67. The van der Waals surface area contributed by atoms with Gasteiger partial charge in [0.2, 0.25) is 0 Å². The number of allylic oxidation sites excluding steroid dienone is 2. The second-order valence-corrected chi connectivity index (χ2v) is 3.70. The third-order valence-corrected chi connectivity index (χ3v) is 2.66. The predicted molar refractivity (Wildman–Crippen MR) is 65.1 cm³/mol. The Morgan fingerprint density at radius 1 is 1.33 bits per heavy atom. The van der Waals surface area contributed by atoms with Crippen LogP contribution in [0.15, 0.2) is 52.6 Å². The molecule has 3 rings (SSSR count). The molecule has 0 saturated heterocycles. The number of nitrogens with zero attached hydrogens (tertiary/aromatic N) is 4. The standard InChI is InChI=1S/C12H10N4O2/c1-18-12(17)16-14-13-11-8-4-6-9-5-2-3-7-10(9)15(11)16/h2-8H,1H3. The van der Waals surface area contributed by atoms with Crippen LogP contribution in [0.3, 0.4) is 0 Å². The molecule has 0 aromatic heterocycles. The molecule has 1 aromatic carbocycles. The van der Waals surface area contributed by atoms with Gasteiger partial charge in [-0.05, 0) is 17.4 Å². The van der Waals surface area contributed by atoms with Crippen molar-refractivity contribution in [3.8, 4) is 0 Å². The number of carbonyl (C=O) groups excluding carboxylic acids is 1. The van der Waals surface area contributed by atoms with E-state index in [-0.39, 0.29) is 0 Å². The Balaban J connectivity index is 2.11. The van der Waals surface area contributed by atoms with Crippen molar-refractivity contribution in [2.45, 2.75) is 0 Å². The van der Waals surface area contributed by atoms with Gasteiger partial charge in [0.25, 0.3) is 0 Å². The van der Waals surface area contributed by atoms with Gasteiger partial charge in [0, 0.05) is 5.56 Å². The minimum atomic E-state index is -0.584. The monoisotopic (exact) mass is 242 g/mol. The smallest absolute Gasteiger partial charge is 0.450 e. The van der Waals surface area contributed by atoms with Gasteiger partial charge in [0.05, 0.1) is 12.8 Å². The number of carbonyl (C=O) groups is 1. The van der Waals surface area contributed by atoms with Crippen LogP contribution in [0.4, 0.5) is 10.5 Å². The van der Waals surface area contributed by atoms with Crippen molar-refractivity contribution < 1.29 is 9.53 Å². The molecule has 18 heavy (non-hydrogen) atoms. The highest BCUT2D eigenvalue weighted by Gasteiger charge is 2.32. The molecule has 2 aliphatic rings. The first-order chi connectivity index (χ1) is 8.81. The molecule has 0 N–H and O–H groups in total. The zero-order valence-corrected chi connectivity index (χ0v) is 9.65. The Kier molecular flexibility index (Phi) is 2.33. The highest BCUT2D eigenvalue weighted by molar-refractivity contribution is 5.77. The molecule has 2 heterocycles. The average Bonchev–Trinajstić information content (AvgIpc) is 2.74. The molecule has 0 saturated carbocycles. The molecular formula is C12H10N4O2. The fraction of sp³-hybridized carbons (Fsp3) is 0.0833. The number of methoxy groups -OCH3 is 1. The number of anilines is 1. The van der Waals surface area contributed by atoms with Crippen LogP contribution in [0.2, 0.25) is 0 Å². The zero-order chi connectivity index (χ0) is 12.5. The van der Waals surface area contributed by atoms with Gasteiger partial charge in [0.1, 0.15) is 0 Å². The molecule has 1 amide bonds. The first-order valence-electron chi connectivity index (χ1n) is 5.38. The molecule has 90 valence electrons. The fourth-order valence-electron chi connectivity index (χ4n) is 1.86. The lowest BCUT2D eigenvalue weighted by Gasteiger charge is -2.24. The SMILES string of the molecule is COC(=O)N1N=NC2=CC=Cc3ccccc3N21. The molecule has 1 aromatic rings. The Morgan fingerprint density at radius 2 is 2.17 bits per heavy atom. The van der Waals surface area contributed by atoms with Crippen LogP contribution in [0, 0.1) is 0 Å². The molecular weight excluding hydrogens is 232 g/mol. The minimum Gasteiger partial charge on any atom is -0.450 e. The average molecular weight is 242 g/mol. The van der Waals surface area contributed by atoms with E-state index in [1.54, 1.807) is 11.1 Å². The van der Waals surface area contributed by atoms with E-state index in [0.717, 1.165) is 16.4 Å². The van der Waals surface area contributed by atoms with Crippen molar-refractivity contribution in [2.75, 3.05) is 12.1 Å². The summed E-state index contributed by atoms with van der Waals surface area (Å²) in [6.07, 6.45) is 5.02. The molecule has 0 fully saturated rings. The van der Waals surface area contributed by atoms with Crippen LogP contribution < -0.4 is 5.01 Å². The van der Waals surface area contributed by atoms with Crippen molar-refractivity contribution in [3.05, 3.63) is 47.8 Å². The van der Waals surface area contributed by atoms with Crippen LogP contribution in [-0.4, -0.2) is 18.3 Å². The van der Waals surface area contributed by atoms with Gasteiger partial charge in [-0.15, -0.1) is 5.11 Å². The van der Waals surface area contributed by atoms with Gasteiger partial charge in [-0.3, -0.25) is 0 Å². The van der Waals surface area contributed by atoms with Gasteiger partial charge in [0.15, 0.2) is 5.82 Å². The summed E-state index contributed by atoms with van der Waals surface area (Å²) >= 11 is 0. The largest absolute Gasteiger partial charge is 0.452 e. The Bertz CT molecular complexity index is 591. The number of para-hydroxylation sites is 1. The van der Waals surface area contributed by atoms with E-state index in [9.17, 15) is 4.79 Å². The number of ether oxygens (including phenoxy) is 1. The van der Waals surface area contributed by atoms with Crippen LogP contribution in [0.5, 0.6) is 0 Å². The van der Waals surface area contributed by atoms with Crippen molar-refractivity contribution in [2.24, 2.45) is 10.3 Å². The summed E-state index contributed by atoms with van der Waals surface area (Å²) in [7, 11) is 1.31. The van der Waals surface area contributed by atoms with Gasteiger partial charge in [-0.25, -0.2) is 9.80 Å². The molecule has 0 bridgehead atoms. The van der Waals surface area contributed by atoms with Gasteiger partial charge >= 0.3 is 6.09 Å². The van der Waals surface area contributed by atoms with Gasteiger partial charge in [-0.2, -0.15) is 0 Å². The van der Waals surface area contributed by atoms with E-state index >= 15 is 0 Å². The lowest BCUT2D eigenvalue weighted by atomic mass is 10.1. The van der Waals surface area contributed by atoms with Crippen molar-refractivity contribution >= 4 is 17.9 Å². The molecule has 6 nitrogen and oxygen atoms in total. The van der Waals surface area contributed by atoms with E-state index in [4.69, 9.17) is 0 Å². The van der Waals surface area contributed by atoms with E-state index < -0.39 is 6.09 Å². The maximum atomic E-state index is 11.7. The molecule has 0 spiro atoms. The molecule has 0 aliphatic carbocycles. The first kappa shape index (κ1) is 10.5. The molecule has 0 atom stereocenters. The number of rotatable bonds is 0. The lowest BCUT2D eigenvalue weighted by molar-refractivity contribution is 0.126. The number of fused-ring (bicyclic) bond motifs is 3. The summed E-state index contributed by atoms with van der Waals surface area (Å²) in [4.78, 5) is 11.7. The second kappa shape index (κ2) is 3.99. The van der Waals surface area contributed by atoms with Gasteiger partial charge in [-0.1, -0.05) is 35.5 Å². The van der Waals surface area contributed by atoms with E-state index in [2.05, 4.69) is 15.1 Å². The van der Waals surface area contributed by atoms with E-state index in [1.165, 1.54) is 7.11 Å². The minimum absolute atomic E-state index is 0.571. The summed E-state index contributed by atoms with van der Waals surface area (Å²) in [6.45, 7) is 0. The van der Waals surface area contributed by atoms with E-state index in [0.29, 0.717) is 5.82 Å². The number of hydrazine groups is 1. The van der Waals surface area contributed by atoms with Crippen molar-refractivity contribution in [1.82, 2.24) is 5.12 Å². The quantitative estimate of drug-likeness (QED) is 0.702. The molecule has 2 aliphatic heterocycles. The summed E-state index contributed by atoms with van der Waals surface area (Å²) in [5.74, 6) is 0.571. The molecule has 0 radical (unpaired) electrons. The third kappa shape index (κ3) is 1.46. The normalized spacial score (nSPS) is 15.9. The Labute approximate surface area is 103 Å². The number of amides is 1. The highest BCUT2D eigenvalue weighted by Crippen LogP contribution is 2.33. The maximum Gasteiger partial charge on any atom is 0.452 e. The topological polar surface area (TPSA) is 57.5 Å². The number of hydrogen-bond acceptors (Lipinski definition) is 5. The summed E-state index contributed by atoms with van der Waals surface area (Å²) in [5.41, 5.74) is 1.80. The van der Waals surface area contributed by atoms with Crippen LogP contribution in [-0.2, 0) is 4.74 Å². The maximum absolute atomic E-state index is 11.7. The Hall–Kier alpha value is -2.63.